The van der Waals surface area contributed by atoms with Gasteiger partial charge in [-0.1, -0.05) is 66.2 Å². The molecule has 1 heteroatoms. The second-order valence-electron chi connectivity index (χ2n) is 4.34. The molecular weight excluding hydrogens is 232 g/mol. The average Bonchev–Trinajstić information content (AvgIpc) is 2.48. The van der Waals surface area contributed by atoms with Gasteiger partial charge in [0.25, 0.3) is 0 Å². The number of rotatable bonds is 2. The monoisotopic (exact) mass is 254 g/mol. The van der Waals surface area contributed by atoms with Gasteiger partial charge in [-0.25, -0.2) is 0 Å². The second-order valence-corrected chi connectivity index (χ2v) is 4.34. The van der Waals surface area contributed by atoms with Crippen molar-refractivity contribution in [3.8, 4) is 11.1 Å². The molecule has 0 aliphatic carbocycles. The summed E-state index contributed by atoms with van der Waals surface area (Å²) in [5.74, 6) is 0.968. The van der Waals surface area contributed by atoms with E-state index in [1.54, 1.807) is 7.11 Å². The Morgan fingerprint density at radius 2 is 1.42 bits per heavy atom. The van der Waals surface area contributed by atoms with Gasteiger partial charge < -0.3 is 4.74 Å². The van der Waals surface area contributed by atoms with Gasteiger partial charge in [-0.2, -0.15) is 0 Å². The van der Waals surface area contributed by atoms with Gasteiger partial charge in [0.15, 0.2) is 0 Å². The number of methoxy groups -OCH3 is 1. The van der Waals surface area contributed by atoms with Crippen LogP contribution in [0.4, 0.5) is 0 Å². The van der Waals surface area contributed by atoms with Crippen molar-refractivity contribution in [1.82, 2.24) is 0 Å². The summed E-state index contributed by atoms with van der Waals surface area (Å²) in [5.41, 5.74) is 3.87. The highest BCUT2D eigenvalue weighted by atomic mass is 16.5. The largest absolute Gasteiger partial charge is 0.502 e. The van der Waals surface area contributed by atoms with Gasteiger partial charge in [0.1, 0.15) is 0 Å². The molecule has 0 aromatic heterocycles. The summed E-state index contributed by atoms with van der Waals surface area (Å²) >= 11 is 0. The molecule has 0 N–H and O–H groups in total. The molecule has 0 aliphatic heterocycles. The van der Waals surface area contributed by atoms with Crippen LogP contribution in [-0.2, 0) is 4.74 Å². The van der Waals surface area contributed by atoms with Gasteiger partial charge in [0.2, 0.25) is 0 Å². The Balaban J connectivity index is 0.000000258. The van der Waals surface area contributed by atoms with E-state index in [0.717, 1.165) is 5.76 Å². The van der Waals surface area contributed by atoms with Crippen LogP contribution < -0.4 is 0 Å². The summed E-state index contributed by atoms with van der Waals surface area (Å²) in [6, 6.07) is 19.0. The minimum Gasteiger partial charge on any atom is -0.502 e. The number of hydrogen-bond donors (Lipinski definition) is 0. The molecule has 0 saturated carbocycles. The summed E-state index contributed by atoms with van der Waals surface area (Å²) < 4.78 is 4.76. The maximum absolute atomic E-state index is 4.76. The summed E-state index contributed by atoms with van der Waals surface area (Å²) in [5, 5.41) is 0. The molecule has 19 heavy (non-hydrogen) atoms. The maximum Gasteiger partial charge on any atom is 0.0882 e. The Labute approximate surface area is 116 Å². The zero-order valence-electron chi connectivity index (χ0n) is 12.2. The van der Waals surface area contributed by atoms with Crippen LogP contribution in [-0.4, -0.2) is 7.11 Å². The first-order valence-electron chi connectivity index (χ1n) is 6.46. The van der Waals surface area contributed by atoms with Gasteiger partial charge in [-0.15, -0.1) is 0 Å². The van der Waals surface area contributed by atoms with Crippen LogP contribution in [0.2, 0.25) is 0 Å². The van der Waals surface area contributed by atoms with E-state index in [1.807, 2.05) is 26.0 Å². The smallest absolute Gasteiger partial charge is 0.0882 e. The standard InChI is InChI=1S/C13H12.C5H10O/c1-11-7-9-13(10-8-11)12-5-3-2-4-6-12;1-4-5(2)6-3/h2-10H,1H3;4H,1-3H3/b;5-4+. The highest BCUT2D eigenvalue weighted by molar-refractivity contribution is 5.63. The predicted octanol–water partition coefficient (Wildman–Crippen LogP) is 5.22. The lowest BCUT2D eigenvalue weighted by Gasteiger charge is -2.00. The van der Waals surface area contributed by atoms with Gasteiger partial charge >= 0.3 is 0 Å². The molecule has 0 aliphatic rings. The van der Waals surface area contributed by atoms with E-state index in [2.05, 4.69) is 55.5 Å². The van der Waals surface area contributed by atoms with Crippen LogP contribution in [0.5, 0.6) is 0 Å². The van der Waals surface area contributed by atoms with Gasteiger partial charge in [0.05, 0.1) is 12.9 Å². The van der Waals surface area contributed by atoms with Crippen molar-refractivity contribution < 1.29 is 4.74 Å². The van der Waals surface area contributed by atoms with Crippen LogP contribution in [0.3, 0.4) is 0 Å². The molecule has 1 nitrogen and oxygen atoms in total. The zero-order valence-corrected chi connectivity index (χ0v) is 12.2. The molecule has 0 unspecified atom stereocenters. The Morgan fingerprint density at radius 1 is 0.895 bits per heavy atom. The van der Waals surface area contributed by atoms with Crippen molar-refractivity contribution in [2.45, 2.75) is 20.8 Å². The first-order chi connectivity index (χ1) is 9.17. The summed E-state index contributed by atoms with van der Waals surface area (Å²) in [6.45, 7) is 5.97. The minimum atomic E-state index is 0.968. The molecule has 0 fully saturated rings. The third kappa shape index (κ3) is 5.43. The fourth-order valence-electron chi connectivity index (χ4n) is 1.49. The van der Waals surface area contributed by atoms with Crippen molar-refractivity contribution >= 4 is 0 Å². The van der Waals surface area contributed by atoms with Crippen molar-refractivity contribution in [2.24, 2.45) is 0 Å². The number of allylic oxidation sites excluding steroid dienone is 2. The Hall–Kier alpha value is -2.02. The van der Waals surface area contributed by atoms with Gasteiger partial charge in [0, 0.05) is 0 Å². The van der Waals surface area contributed by atoms with Crippen LogP contribution >= 0.6 is 0 Å². The van der Waals surface area contributed by atoms with E-state index in [0.29, 0.717) is 0 Å². The van der Waals surface area contributed by atoms with Gasteiger partial charge in [-0.3, -0.25) is 0 Å². The molecule has 2 aromatic carbocycles. The first kappa shape index (κ1) is 15.0. The summed E-state index contributed by atoms with van der Waals surface area (Å²) in [4.78, 5) is 0. The summed E-state index contributed by atoms with van der Waals surface area (Å²) in [6.07, 6.45) is 1.92. The van der Waals surface area contributed by atoms with E-state index >= 15 is 0 Å². The van der Waals surface area contributed by atoms with Crippen molar-refractivity contribution in [3.05, 3.63) is 72.0 Å². The first-order valence-corrected chi connectivity index (χ1v) is 6.46. The lowest BCUT2D eigenvalue weighted by molar-refractivity contribution is 0.293. The molecule has 2 aromatic rings. The molecule has 0 heterocycles. The summed E-state index contributed by atoms with van der Waals surface area (Å²) in [7, 11) is 1.66. The van der Waals surface area contributed by atoms with Crippen LogP contribution in [0.1, 0.15) is 19.4 Å². The molecule has 0 atom stereocenters. The average molecular weight is 254 g/mol. The molecular formula is C18H22O. The van der Waals surface area contributed by atoms with E-state index in [9.17, 15) is 0 Å². The lowest BCUT2D eigenvalue weighted by Crippen LogP contribution is -1.76. The van der Waals surface area contributed by atoms with E-state index in [-0.39, 0.29) is 0 Å². The Kier molecular flexibility index (Phi) is 6.45. The molecule has 0 spiro atoms. The zero-order chi connectivity index (χ0) is 14.1. The van der Waals surface area contributed by atoms with Crippen molar-refractivity contribution in [1.29, 1.82) is 0 Å². The minimum absolute atomic E-state index is 0.968. The maximum atomic E-state index is 4.76. The highest BCUT2D eigenvalue weighted by Gasteiger charge is 1.93. The van der Waals surface area contributed by atoms with Gasteiger partial charge in [-0.05, 0) is 31.9 Å². The lowest BCUT2D eigenvalue weighted by atomic mass is 10.0. The normalized spacial score (nSPS) is 10.4. The molecule has 0 amide bonds. The highest BCUT2D eigenvalue weighted by Crippen LogP contribution is 2.18. The van der Waals surface area contributed by atoms with Crippen LogP contribution in [0, 0.1) is 6.92 Å². The molecule has 0 bridgehead atoms. The topological polar surface area (TPSA) is 9.23 Å². The van der Waals surface area contributed by atoms with E-state index < -0.39 is 0 Å². The Bertz CT molecular complexity index is 495. The number of aryl methyl sites for hydroxylation is 1. The fraction of sp³-hybridized carbons (Fsp3) is 0.222. The number of ether oxygens (including phenoxy) is 1. The number of hydrogen-bond acceptors (Lipinski definition) is 1. The third-order valence-corrected chi connectivity index (χ3v) is 2.89. The van der Waals surface area contributed by atoms with Crippen molar-refractivity contribution in [2.75, 3.05) is 7.11 Å². The predicted molar refractivity (Wildman–Crippen MR) is 83.1 cm³/mol. The second kappa shape index (κ2) is 8.15. The molecule has 100 valence electrons. The third-order valence-electron chi connectivity index (χ3n) is 2.89. The van der Waals surface area contributed by atoms with E-state index in [4.69, 9.17) is 4.74 Å². The molecule has 0 saturated heterocycles. The van der Waals surface area contributed by atoms with E-state index in [1.165, 1.54) is 16.7 Å². The molecule has 2 rings (SSSR count). The van der Waals surface area contributed by atoms with Crippen LogP contribution in [0.25, 0.3) is 11.1 Å². The number of benzene rings is 2. The van der Waals surface area contributed by atoms with Crippen LogP contribution in [0.15, 0.2) is 66.4 Å². The quantitative estimate of drug-likeness (QED) is 0.668. The fourth-order valence-corrected chi connectivity index (χ4v) is 1.49. The molecule has 0 radical (unpaired) electrons. The SMILES string of the molecule is C/C=C(\C)OC.Cc1ccc(-c2ccccc2)cc1. The Morgan fingerprint density at radius 3 is 1.84 bits per heavy atom. The van der Waals surface area contributed by atoms with Crippen molar-refractivity contribution in [3.63, 3.8) is 0 Å².